The second-order valence-electron chi connectivity index (χ2n) is 5.04. The number of rotatable bonds is 4. The highest BCUT2D eigenvalue weighted by molar-refractivity contribution is 5.61. The van der Waals surface area contributed by atoms with Crippen LogP contribution in [0.5, 0.6) is 0 Å². The Labute approximate surface area is 96.4 Å². The number of hydrogen-bond acceptors (Lipinski definition) is 4. The molecule has 88 valence electrons. The summed E-state index contributed by atoms with van der Waals surface area (Å²) in [5.74, 6) is 1.93. The van der Waals surface area contributed by atoms with Gasteiger partial charge in [-0.1, -0.05) is 13.8 Å². The average molecular weight is 220 g/mol. The molecule has 1 saturated carbocycles. The highest BCUT2D eigenvalue weighted by atomic mass is 15.0. The second kappa shape index (κ2) is 3.85. The predicted octanol–water partition coefficient (Wildman–Crippen LogP) is 2.09. The van der Waals surface area contributed by atoms with Crippen molar-refractivity contribution in [3.8, 4) is 0 Å². The molecule has 16 heavy (non-hydrogen) atoms. The SMILES string of the molecule is CC(C)C1(CNc2ccc(N)c(N)n2)CC1. The van der Waals surface area contributed by atoms with Crippen LogP contribution in [0, 0.1) is 11.3 Å². The van der Waals surface area contributed by atoms with Crippen LogP contribution in [0.4, 0.5) is 17.3 Å². The molecule has 0 unspecified atom stereocenters. The molecule has 1 aromatic rings. The van der Waals surface area contributed by atoms with E-state index in [1.807, 2.05) is 6.07 Å². The molecule has 0 aliphatic heterocycles. The van der Waals surface area contributed by atoms with Gasteiger partial charge in [0.05, 0.1) is 5.69 Å². The molecule has 4 nitrogen and oxygen atoms in total. The summed E-state index contributed by atoms with van der Waals surface area (Å²) in [4.78, 5) is 4.20. The van der Waals surface area contributed by atoms with Gasteiger partial charge in [0.2, 0.25) is 0 Å². The summed E-state index contributed by atoms with van der Waals surface area (Å²) < 4.78 is 0. The van der Waals surface area contributed by atoms with Crippen LogP contribution >= 0.6 is 0 Å². The fraction of sp³-hybridized carbons (Fsp3) is 0.583. The van der Waals surface area contributed by atoms with E-state index in [2.05, 4.69) is 24.1 Å². The van der Waals surface area contributed by atoms with Crippen LogP contribution in [0.25, 0.3) is 0 Å². The monoisotopic (exact) mass is 220 g/mol. The molecule has 0 aromatic carbocycles. The van der Waals surface area contributed by atoms with E-state index in [0.29, 0.717) is 22.8 Å². The van der Waals surface area contributed by atoms with Gasteiger partial charge in [-0.25, -0.2) is 4.98 Å². The van der Waals surface area contributed by atoms with Crippen molar-refractivity contribution in [3.63, 3.8) is 0 Å². The highest BCUT2D eigenvalue weighted by Gasteiger charge is 2.44. The third-order valence-corrected chi connectivity index (χ3v) is 3.70. The second-order valence-corrected chi connectivity index (χ2v) is 5.04. The van der Waals surface area contributed by atoms with E-state index in [1.54, 1.807) is 6.07 Å². The van der Waals surface area contributed by atoms with E-state index in [1.165, 1.54) is 12.8 Å². The van der Waals surface area contributed by atoms with E-state index in [-0.39, 0.29) is 0 Å². The minimum Gasteiger partial charge on any atom is -0.396 e. The number of nitrogen functional groups attached to an aromatic ring is 2. The van der Waals surface area contributed by atoms with Crippen LogP contribution in [0.2, 0.25) is 0 Å². The Balaban J connectivity index is 1.97. The molecular weight excluding hydrogens is 200 g/mol. The Morgan fingerprint density at radius 1 is 1.38 bits per heavy atom. The maximum atomic E-state index is 5.66. The fourth-order valence-electron chi connectivity index (χ4n) is 1.97. The molecule has 1 fully saturated rings. The smallest absolute Gasteiger partial charge is 0.149 e. The van der Waals surface area contributed by atoms with Gasteiger partial charge in [0.1, 0.15) is 11.6 Å². The normalized spacial score (nSPS) is 17.4. The lowest BCUT2D eigenvalue weighted by molar-refractivity contribution is 0.380. The quantitative estimate of drug-likeness (QED) is 0.726. The zero-order chi connectivity index (χ0) is 11.8. The number of anilines is 3. The van der Waals surface area contributed by atoms with Crippen molar-refractivity contribution in [1.29, 1.82) is 0 Å². The van der Waals surface area contributed by atoms with Gasteiger partial charge in [-0.2, -0.15) is 0 Å². The molecule has 0 radical (unpaired) electrons. The first-order chi connectivity index (χ1) is 7.53. The average Bonchev–Trinajstić information content (AvgIpc) is 3.01. The van der Waals surface area contributed by atoms with Crippen LogP contribution in [-0.4, -0.2) is 11.5 Å². The molecule has 0 bridgehead atoms. The minimum atomic E-state index is 0.402. The molecule has 1 aliphatic carbocycles. The zero-order valence-corrected chi connectivity index (χ0v) is 9.96. The van der Waals surface area contributed by atoms with E-state index >= 15 is 0 Å². The molecule has 0 amide bonds. The van der Waals surface area contributed by atoms with Crippen molar-refractivity contribution < 1.29 is 0 Å². The Bertz CT molecular complexity index is 383. The van der Waals surface area contributed by atoms with E-state index in [4.69, 9.17) is 11.5 Å². The molecule has 2 rings (SSSR count). The van der Waals surface area contributed by atoms with Crippen LogP contribution in [-0.2, 0) is 0 Å². The largest absolute Gasteiger partial charge is 0.396 e. The van der Waals surface area contributed by atoms with E-state index in [9.17, 15) is 0 Å². The number of nitrogens with two attached hydrogens (primary N) is 2. The number of aromatic nitrogens is 1. The Hall–Kier alpha value is -1.45. The zero-order valence-electron chi connectivity index (χ0n) is 9.96. The third kappa shape index (κ3) is 2.05. The number of nitrogens with zero attached hydrogens (tertiary/aromatic N) is 1. The standard InChI is InChI=1S/C12H20N4/c1-8(2)12(5-6-12)7-15-10-4-3-9(13)11(14)16-10/h3-4,8H,5-7,13H2,1-2H3,(H3,14,15,16). The van der Waals surface area contributed by atoms with Crippen molar-refractivity contribution in [2.75, 3.05) is 23.3 Å². The Kier molecular flexibility index (Phi) is 2.66. The lowest BCUT2D eigenvalue weighted by Gasteiger charge is -2.20. The molecule has 0 atom stereocenters. The van der Waals surface area contributed by atoms with Crippen molar-refractivity contribution in [3.05, 3.63) is 12.1 Å². The summed E-state index contributed by atoms with van der Waals surface area (Å²) in [6.45, 7) is 5.53. The molecule has 1 heterocycles. The lowest BCUT2D eigenvalue weighted by Crippen LogP contribution is -2.21. The molecule has 0 saturated heterocycles. The van der Waals surface area contributed by atoms with E-state index < -0.39 is 0 Å². The number of hydrogen-bond donors (Lipinski definition) is 3. The Morgan fingerprint density at radius 2 is 2.06 bits per heavy atom. The number of nitrogens with one attached hydrogen (secondary N) is 1. The van der Waals surface area contributed by atoms with Gasteiger partial charge >= 0.3 is 0 Å². The number of pyridine rings is 1. The summed E-state index contributed by atoms with van der Waals surface area (Å²) >= 11 is 0. The van der Waals surface area contributed by atoms with Crippen LogP contribution in [0.1, 0.15) is 26.7 Å². The first kappa shape index (κ1) is 11.0. The Morgan fingerprint density at radius 3 is 2.56 bits per heavy atom. The van der Waals surface area contributed by atoms with Gasteiger partial charge in [0.15, 0.2) is 0 Å². The van der Waals surface area contributed by atoms with Crippen molar-refractivity contribution in [2.24, 2.45) is 11.3 Å². The van der Waals surface area contributed by atoms with Gasteiger partial charge in [0, 0.05) is 6.54 Å². The molecule has 0 spiro atoms. The van der Waals surface area contributed by atoms with Crippen LogP contribution < -0.4 is 16.8 Å². The maximum absolute atomic E-state index is 5.66. The van der Waals surface area contributed by atoms with Gasteiger partial charge in [0.25, 0.3) is 0 Å². The minimum absolute atomic E-state index is 0.402. The maximum Gasteiger partial charge on any atom is 0.149 e. The van der Waals surface area contributed by atoms with Gasteiger partial charge < -0.3 is 16.8 Å². The van der Waals surface area contributed by atoms with Crippen LogP contribution in [0.3, 0.4) is 0 Å². The summed E-state index contributed by atoms with van der Waals surface area (Å²) in [6.07, 6.45) is 2.62. The summed E-state index contributed by atoms with van der Waals surface area (Å²) in [5.41, 5.74) is 12.3. The lowest BCUT2D eigenvalue weighted by atomic mass is 9.92. The highest BCUT2D eigenvalue weighted by Crippen LogP contribution is 2.51. The molecule has 4 heteroatoms. The summed E-state index contributed by atoms with van der Waals surface area (Å²) in [6, 6.07) is 3.67. The molecular formula is C12H20N4. The molecule has 5 N–H and O–H groups in total. The molecule has 1 aromatic heterocycles. The van der Waals surface area contributed by atoms with Crippen molar-refractivity contribution in [2.45, 2.75) is 26.7 Å². The summed E-state index contributed by atoms with van der Waals surface area (Å²) in [5, 5.41) is 3.35. The topological polar surface area (TPSA) is 77.0 Å². The van der Waals surface area contributed by atoms with Gasteiger partial charge in [-0.3, -0.25) is 0 Å². The fourth-order valence-corrected chi connectivity index (χ4v) is 1.97. The first-order valence-electron chi connectivity index (χ1n) is 5.79. The summed E-state index contributed by atoms with van der Waals surface area (Å²) in [7, 11) is 0. The van der Waals surface area contributed by atoms with Gasteiger partial charge in [-0.05, 0) is 36.3 Å². The van der Waals surface area contributed by atoms with Crippen molar-refractivity contribution >= 4 is 17.3 Å². The third-order valence-electron chi connectivity index (χ3n) is 3.70. The first-order valence-corrected chi connectivity index (χ1v) is 5.79. The van der Waals surface area contributed by atoms with Crippen molar-refractivity contribution in [1.82, 2.24) is 4.98 Å². The predicted molar refractivity (Wildman–Crippen MR) is 68.1 cm³/mol. The van der Waals surface area contributed by atoms with Crippen LogP contribution in [0.15, 0.2) is 12.1 Å². The molecule has 1 aliphatic rings. The van der Waals surface area contributed by atoms with E-state index in [0.717, 1.165) is 12.4 Å². The van der Waals surface area contributed by atoms with Gasteiger partial charge in [-0.15, -0.1) is 0 Å².